The van der Waals surface area contributed by atoms with Crippen LogP contribution in [0.2, 0.25) is 5.02 Å². The molecule has 0 fully saturated rings. The number of anilines is 1. The molecular weight excluding hydrogens is 242 g/mol. The van der Waals surface area contributed by atoms with Crippen LogP contribution < -0.4 is 5.32 Å². The number of hydrogen-bond donors (Lipinski definition) is 1. The standard InChI is InChI=1S/C11H12ClN3S/c1-2-8-6-14-10(16-8)7-15-11-9(12)4-3-5-13-11/h3-6H,2,7H2,1H3,(H,13,15). The number of thiazole rings is 1. The summed E-state index contributed by atoms with van der Waals surface area (Å²) in [5, 5.41) is 4.86. The normalized spacial score (nSPS) is 10.4. The molecule has 16 heavy (non-hydrogen) atoms. The van der Waals surface area contributed by atoms with Gasteiger partial charge < -0.3 is 5.32 Å². The minimum absolute atomic E-state index is 0.634. The second-order valence-corrected chi connectivity index (χ2v) is 4.87. The van der Waals surface area contributed by atoms with E-state index in [4.69, 9.17) is 11.6 Å². The van der Waals surface area contributed by atoms with E-state index in [0.29, 0.717) is 17.4 Å². The van der Waals surface area contributed by atoms with Crippen molar-refractivity contribution in [3.05, 3.63) is 39.4 Å². The first-order valence-electron chi connectivity index (χ1n) is 5.07. The van der Waals surface area contributed by atoms with Gasteiger partial charge in [-0.2, -0.15) is 0 Å². The van der Waals surface area contributed by atoms with E-state index in [-0.39, 0.29) is 0 Å². The van der Waals surface area contributed by atoms with Gasteiger partial charge in [-0.1, -0.05) is 18.5 Å². The lowest BCUT2D eigenvalue weighted by molar-refractivity contribution is 1.07. The molecule has 0 atom stereocenters. The average molecular weight is 254 g/mol. The molecule has 0 aliphatic rings. The summed E-state index contributed by atoms with van der Waals surface area (Å²) in [6.07, 6.45) is 4.66. The summed E-state index contributed by atoms with van der Waals surface area (Å²) >= 11 is 7.69. The van der Waals surface area contributed by atoms with Crippen molar-refractivity contribution in [2.75, 3.05) is 5.32 Å². The molecule has 0 aromatic carbocycles. The van der Waals surface area contributed by atoms with Crippen LogP contribution in [0.4, 0.5) is 5.82 Å². The van der Waals surface area contributed by atoms with Crippen molar-refractivity contribution in [2.45, 2.75) is 19.9 Å². The molecule has 2 rings (SSSR count). The maximum atomic E-state index is 5.98. The summed E-state index contributed by atoms with van der Waals surface area (Å²) in [6.45, 7) is 2.79. The molecule has 0 bridgehead atoms. The minimum atomic E-state index is 0.634. The van der Waals surface area contributed by atoms with Gasteiger partial charge in [-0.15, -0.1) is 11.3 Å². The highest BCUT2D eigenvalue weighted by molar-refractivity contribution is 7.11. The van der Waals surface area contributed by atoms with Crippen molar-refractivity contribution in [2.24, 2.45) is 0 Å². The predicted octanol–water partition coefficient (Wildman–Crippen LogP) is 3.37. The summed E-state index contributed by atoms with van der Waals surface area (Å²) in [7, 11) is 0. The van der Waals surface area contributed by atoms with Crippen molar-refractivity contribution in [1.82, 2.24) is 9.97 Å². The van der Waals surface area contributed by atoms with Gasteiger partial charge in [0.05, 0.1) is 11.6 Å². The lowest BCUT2D eigenvalue weighted by atomic mass is 10.4. The van der Waals surface area contributed by atoms with Crippen molar-refractivity contribution in [3.8, 4) is 0 Å². The number of rotatable bonds is 4. The van der Waals surface area contributed by atoms with E-state index >= 15 is 0 Å². The van der Waals surface area contributed by atoms with E-state index in [1.165, 1.54) is 4.88 Å². The van der Waals surface area contributed by atoms with Crippen LogP contribution in [0.25, 0.3) is 0 Å². The zero-order valence-corrected chi connectivity index (χ0v) is 10.5. The molecule has 0 amide bonds. The maximum Gasteiger partial charge on any atom is 0.145 e. The Morgan fingerprint density at radius 1 is 1.44 bits per heavy atom. The molecule has 84 valence electrons. The van der Waals surface area contributed by atoms with Crippen LogP contribution in [-0.2, 0) is 13.0 Å². The summed E-state index contributed by atoms with van der Waals surface area (Å²) in [5.41, 5.74) is 0. The Balaban J connectivity index is 1.99. The highest BCUT2D eigenvalue weighted by Crippen LogP contribution is 2.19. The van der Waals surface area contributed by atoms with Gasteiger partial charge in [-0.25, -0.2) is 9.97 Å². The first kappa shape index (κ1) is 11.4. The van der Waals surface area contributed by atoms with Gasteiger partial charge in [0.15, 0.2) is 0 Å². The molecule has 0 spiro atoms. The maximum absolute atomic E-state index is 5.98. The van der Waals surface area contributed by atoms with E-state index < -0.39 is 0 Å². The molecule has 0 radical (unpaired) electrons. The molecule has 2 aromatic rings. The minimum Gasteiger partial charge on any atom is -0.362 e. The number of aromatic nitrogens is 2. The zero-order chi connectivity index (χ0) is 11.4. The van der Waals surface area contributed by atoms with Gasteiger partial charge in [-0.05, 0) is 18.6 Å². The number of aryl methyl sites for hydroxylation is 1. The van der Waals surface area contributed by atoms with E-state index in [9.17, 15) is 0 Å². The zero-order valence-electron chi connectivity index (χ0n) is 8.90. The van der Waals surface area contributed by atoms with Crippen LogP contribution in [-0.4, -0.2) is 9.97 Å². The molecule has 1 N–H and O–H groups in total. The Kier molecular flexibility index (Phi) is 3.74. The number of hydrogen-bond acceptors (Lipinski definition) is 4. The first-order valence-corrected chi connectivity index (χ1v) is 6.27. The van der Waals surface area contributed by atoms with E-state index in [0.717, 1.165) is 11.4 Å². The van der Waals surface area contributed by atoms with Gasteiger partial charge in [0.1, 0.15) is 10.8 Å². The molecular formula is C11H12ClN3S. The van der Waals surface area contributed by atoms with Crippen LogP contribution in [0, 0.1) is 0 Å². The summed E-state index contributed by atoms with van der Waals surface area (Å²) in [6, 6.07) is 3.63. The number of pyridine rings is 1. The average Bonchev–Trinajstić information content (AvgIpc) is 2.76. The van der Waals surface area contributed by atoms with Gasteiger partial charge in [0.25, 0.3) is 0 Å². The van der Waals surface area contributed by atoms with Crippen molar-refractivity contribution in [3.63, 3.8) is 0 Å². The number of nitrogens with one attached hydrogen (secondary N) is 1. The lowest BCUT2D eigenvalue weighted by Crippen LogP contribution is -2.00. The van der Waals surface area contributed by atoms with Crippen molar-refractivity contribution < 1.29 is 0 Å². The fraction of sp³-hybridized carbons (Fsp3) is 0.273. The SMILES string of the molecule is CCc1cnc(CNc2ncccc2Cl)s1. The lowest BCUT2D eigenvalue weighted by Gasteiger charge is -2.04. The second-order valence-electron chi connectivity index (χ2n) is 3.26. The summed E-state index contributed by atoms with van der Waals surface area (Å²) < 4.78 is 0. The Morgan fingerprint density at radius 3 is 3.00 bits per heavy atom. The third kappa shape index (κ3) is 2.71. The molecule has 2 heterocycles. The largest absolute Gasteiger partial charge is 0.362 e. The Bertz CT molecular complexity index is 470. The van der Waals surface area contributed by atoms with Crippen LogP contribution in [0.5, 0.6) is 0 Å². The second kappa shape index (κ2) is 5.27. The van der Waals surface area contributed by atoms with Crippen molar-refractivity contribution >= 4 is 28.8 Å². The van der Waals surface area contributed by atoms with Crippen LogP contribution in [0.15, 0.2) is 24.5 Å². The van der Waals surface area contributed by atoms with Gasteiger partial charge in [0, 0.05) is 17.3 Å². The molecule has 0 aliphatic carbocycles. The Hall–Kier alpha value is -1.13. The quantitative estimate of drug-likeness (QED) is 0.908. The molecule has 0 saturated carbocycles. The monoisotopic (exact) mass is 253 g/mol. The third-order valence-electron chi connectivity index (χ3n) is 2.12. The summed E-state index contributed by atoms with van der Waals surface area (Å²) in [4.78, 5) is 9.77. The number of halogens is 1. The van der Waals surface area contributed by atoms with Crippen LogP contribution in [0.3, 0.4) is 0 Å². The van der Waals surface area contributed by atoms with Gasteiger partial charge in [-0.3, -0.25) is 0 Å². The molecule has 3 nitrogen and oxygen atoms in total. The molecule has 0 unspecified atom stereocenters. The fourth-order valence-electron chi connectivity index (χ4n) is 1.27. The molecule has 2 aromatic heterocycles. The fourth-order valence-corrected chi connectivity index (χ4v) is 2.26. The highest BCUT2D eigenvalue weighted by Gasteiger charge is 2.03. The van der Waals surface area contributed by atoms with E-state index in [1.54, 1.807) is 17.5 Å². The predicted molar refractivity (Wildman–Crippen MR) is 68.1 cm³/mol. The smallest absolute Gasteiger partial charge is 0.145 e. The van der Waals surface area contributed by atoms with Crippen LogP contribution >= 0.6 is 22.9 Å². The van der Waals surface area contributed by atoms with Gasteiger partial charge in [0.2, 0.25) is 0 Å². The molecule has 0 aliphatic heterocycles. The van der Waals surface area contributed by atoms with Crippen LogP contribution in [0.1, 0.15) is 16.8 Å². The first-order chi connectivity index (χ1) is 7.79. The van der Waals surface area contributed by atoms with E-state index in [1.807, 2.05) is 18.3 Å². The van der Waals surface area contributed by atoms with Crippen molar-refractivity contribution in [1.29, 1.82) is 0 Å². The Morgan fingerprint density at radius 2 is 2.31 bits per heavy atom. The topological polar surface area (TPSA) is 37.8 Å². The third-order valence-corrected chi connectivity index (χ3v) is 3.56. The summed E-state index contributed by atoms with van der Waals surface area (Å²) in [5.74, 6) is 0.706. The molecule has 0 saturated heterocycles. The number of nitrogens with zero attached hydrogens (tertiary/aromatic N) is 2. The van der Waals surface area contributed by atoms with Gasteiger partial charge >= 0.3 is 0 Å². The van der Waals surface area contributed by atoms with E-state index in [2.05, 4.69) is 22.2 Å². The Labute approximate surface area is 104 Å². The highest BCUT2D eigenvalue weighted by atomic mass is 35.5. The molecule has 5 heteroatoms.